The lowest BCUT2D eigenvalue weighted by molar-refractivity contribution is 0.0727. The van der Waals surface area contributed by atoms with Crippen molar-refractivity contribution in [1.29, 1.82) is 0 Å². The normalized spacial score (nSPS) is 30.6. The summed E-state index contributed by atoms with van der Waals surface area (Å²) in [5.41, 5.74) is -0.233. The topological polar surface area (TPSA) is 44.8 Å². The molecule has 2 aliphatic heterocycles. The van der Waals surface area contributed by atoms with Gasteiger partial charge in [0.2, 0.25) is 0 Å². The molecule has 15 heavy (non-hydrogen) atoms. The molecule has 2 fully saturated rings. The first-order valence-corrected chi connectivity index (χ1v) is 5.45. The fourth-order valence-corrected chi connectivity index (χ4v) is 2.13. The van der Waals surface area contributed by atoms with E-state index in [2.05, 4.69) is 10.2 Å². The molecule has 86 valence electrons. The van der Waals surface area contributed by atoms with Gasteiger partial charge in [-0.15, -0.1) is 0 Å². The van der Waals surface area contributed by atoms with Crippen LogP contribution in [0.3, 0.4) is 0 Å². The Bertz CT molecular complexity index is 249. The van der Waals surface area contributed by atoms with E-state index < -0.39 is 0 Å². The first kappa shape index (κ1) is 10.7. The zero-order chi connectivity index (χ0) is 10.9. The molecule has 1 amide bonds. The number of nitrogens with zero attached hydrogens (tertiary/aromatic N) is 2. The minimum atomic E-state index is -0.233. The second-order valence-corrected chi connectivity index (χ2v) is 4.70. The van der Waals surface area contributed by atoms with Crippen molar-refractivity contribution in [1.82, 2.24) is 15.1 Å². The average Bonchev–Trinajstić information content (AvgIpc) is 2.72. The second-order valence-electron chi connectivity index (χ2n) is 4.70. The van der Waals surface area contributed by atoms with Crippen LogP contribution in [0.25, 0.3) is 0 Å². The molecule has 0 bridgehead atoms. The summed E-state index contributed by atoms with van der Waals surface area (Å²) in [7, 11) is 4.02. The molecule has 1 spiro atoms. The van der Waals surface area contributed by atoms with Crippen molar-refractivity contribution in [3.63, 3.8) is 0 Å². The zero-order valence-electron chi connectivity index (χ0n) is 9.45. The molecule has 0 saturated carbocycles. The van der Waals surface area contributed by atoms with Gasteiger partial charge in [0.05, 0.1) is 6.54 Å². The molecule has 2 heterocycles. The number of ether oxygens (including phenoxy) is 1. The van der Waals surface area contributed by atoms with E-state index in [1.54, 1.807) is 0 Å². The highest BCUT2D eigenvalue weighted by Gasteiger charge is 2.46. The SMILES string of the molecule is CN(C)CCN1CC2(CCNC2)OC1=O. The van der Waals surface area contributed by atoms with Crippen LogP contribution in [-0.4, -0.2) is 68.3 Å². The van der Waals surface area contributed by atoms with Crippen LogP contribution < -0.4 is 5.32 Å². The van der Waals surface area contributed by atoms with Gasteiger partial charge in [0.15, 0.2) is 0 Å². The van der Waals surface area contributed by atoms with Crippen LogP contribution in [0.4, 0.5) is 4.79 Å². The fourth-order valence-electron chi connectivity index (χ4n) is 2.13. The van der Waals surface area contributed by atoms with Crippen LogP contribution in [0, 0.1) is 0 Å². The number of hydrogen-bond acceptors (Lipinski definition) is 4. The molecule has 1 atom stereocenters. The van der Waals surface area contributed by atoms with Gasteiger partial charge in [-0.05, 0) is 20.6 Å². The second kappa shape index (κ2) is 3.98. The summed E-state index contributed by atoms with van der Waals surface area (Å²) in [5.74, 6) is 0. The Hall–Kier alpha value is -0.810. The predicted molar refractivity (Wildman–Crippen MR) is 56.8 cm³/mol. The molecular formula is C10H19N3O2. The van der Waals surface area contributed by atoms with Crippen LogP contribution in [0.1, 0.15) is 6.42 Å². The van der Waals surface area contributed by atoms with E-state index in [4.69, 9.17) is 4.74 Å². The van der Waals surface area contributed by atoms with Crippen molar-refractivity contribution < 1.29 is 9.53 Å². The summed E-state index contributed by atoms with van der Waals surface area (Å²) in [6.45, 7) is 4.14. The largest absolute Gasteiger partial charge is 0.439 e. The Balaban J connectivity index is 1.89. The maximum absolute atomic E-state index is 11.6. The highest BCUT2D eigenvalue weighted by atomic mass is 16.6. The summed E-state index contributed by atoms with van der Waals surface area (Å²) >= 11 is 0. The summed E-state index contributed by atoms with van der Waals surface area (Å²) in [4.78, 5) is 15.5. The van der Waals surface area contributed by atoms with Crippen LogP contribution in [0.15, 0.2) is 0 Å². The molecule has 2 saturated heterocycles. The summed E-state index contributed by atoms with van der Waals surface area (Å²) < 4.78 is 5.46. The van der Waals surface area contributed by atoms with E-state index in [9.17, 15) is 4.79 Å². The molecule has 0 aromatic heterocycles. The quantitative estimate of drug-likeness (QED) is 0.701. The molecule has 0 aliphatic carbocycles. The number of rotatable bonds is 3. The summed E-state index contributed by atoms with van der Waals surface area (Å²) in [5, 5.41) is 3.25. The van der Waals surface area contributed by atoms with Gasteiger partial charge < -0.3 is 19.9 Å². The number of likely N-dealkylation sites (N-methyl/N-ethyl adjacent to an activating group) is 1. The highest BCUT2D eigenvalue weighted by molar-refractivity contribution is 5.70. The van der Waals surface area contributed by atoms with Gasteiger partial charge in [0, 0.05) is 26.1 Å². The number of carbonyl (C=O) groups is 1. The van der Waals surface area contributed by atoms with Crippen molar-refractivity contribution in [3.8, 4) is 0 Å². The smallest absolute Gasteiger partial charge is 0.410 e. The van der Waals surface area contributed by atoms with E-state index in [1.807, 2.05) is 19.0 Å². The number of carbonyl (C=O) groups excluding carboxylic acids is 1. The van der Waals surface area contributed by atoms with E-state index >= 15 is 0 Å². The molecule has 1 N–H and O–H groups in total. The highest BCUT2D eigenvalue weighted by Crippen LogP contribution is 2.28. The van der Waals surface area contributed by atoms with Gasteiger partial charge in [0.25, 0.3) is 0 Å². The minimum Gasteiger partial charge on any atom is -0.439 e. The van der Waals surface area contributed by atoms with Gasteiger partial charge >= 0.3 is 6.09 Å². The van der Waals surface area contributed by atoms with Crippen molar-refractivity contribution in [2.45, 2.75) is 12.0 Å². The Morgan fingerprint density at radius 3 is 3.00 bits per heavy atom. The lowest BCUT2D eigenvalue weighted by atomic mass is 10.0. The van der Waals surface area contributed by atoms with E-state index in [0.717, 1.165) is 39.1 Å². The van der Waals surface area contributed by atoms with Gasteiger partial charge in [0.1, 0.15) is 5.60 Å². The van der Waals surface area contributed by atoms with E-state index in [0.29, 0.717) is 0 Å². The van der Waals surface area contributed by atoms with Gasteiger partial charge in [-0.1, -0.05) is 0 Å². The number of amides is 1. The Kier molecular flexibility index (Phi) is 2.84. The maximum atomic E-state index is 11.6. The van der Waals surface area contributed by atoms with Crippen LogP contribution >= 0.6 is 0 Å². The van der Waals surface area contributed by atoms with Crippen molar-refractivity contribution >= 4 is 6.09 Å². The molecule has 5 nitrogen and oxygen atoms in total. The van der Waals surface area contributed by atoms with Crippen molar-refractivity contribution in [2.75, 3.05) is 46.8 Å². The lowest BCUT2D eigenvalue weighted by Gasteiger charge is -2.20. The Labute approximate surface area is 90.4 Å². The van der Waals surface area contributed by atoms with Crippen molar-refractivity contribution in [3.05, 3.63) is 0 Å². The van der Waals surface area contributed by atoms with Gasteiger partial charge in [-0.25, -0.2) is 4.79 Å². The lowest BCUT2D eigenvalue weighted by Crippen LogP contribution is -2.38. The van der Waals surface area contributed by atoms with Crippen LogP contribution in [0.5, 0.6) is 0 Å². The number of nitrogens with one attached hydrogen (secondary N) is 1. The molecule has 0 aromatic carbocycles. The number of hydrogen-bond donors (Lipinski definition) is 1. The molecule has 0 radical (unpaired) electrons. The van der Waals surface area contributed by atoms with Crippen LogP contribution in [0.2, 0.25) is 0 Å². The summed E-state index contributed by atoms with van der Waals surface area (Å²) in [6.07, 6.45) is 0.789. The standard InChI is InChI=1S/C10H19N3O2/c1-12(2)5-6-13-8-10(15-9(13)14)3-4-11-7-10/h11H,3-8H2,1-2H3. The van der Waals surface area contributed by atoms with E-state index in [1.165, 1.54) is 0 Å². The Morgan fingerprint density at radius 1 is 1.60 bits per heavy atom. The molecular weight excluding hydrogens is 194 g/mol. The zero-order valence-corrected chi connectivity index (χ0v) is 9.45. The molecule has 1 unspecified atom stereocenters. The van der Waals surface area contributed by atoms with Gasteiger partial charge in [-0.2, -0.15) is 0 Å². The molecule has 5 heteroatoms. The first-order chi connectivity index (χ1) is 7.11. The average molecular weight is 213 g/mol. The maximum Gasteiger partial charge on any atom is 0.410 e. The molecule has 0 aromatic rings. The van der Waals surface area contributed by atoms with Crippen LogP contribution in [-0.2, 0) is 4.74 Å². The molecule has 2 rings (SSSR count). The third kappa shape index (κ3) is 2.23. The van der Waals surface area contributed by atoms with Crippen molar-refractivity contribution in [2.24, 2.45) is 0 Å². The Morgan fingerprint density at radius 2 is 2.40 bits per heavy atom. The van der Waals surface area contributed by atoms with Gasteiger partial charge in [-0.3, -0.25) is 0 Å². The third-order valence-electron chi connectivity index (χ3n) is 3.06. The summed E-state index contributed by atoms with van der Waals surface area (Å²) in [6, 6.07) is 0. The monoisotopic (exact) mass is 213 g/mol. The fraction of sp³-hybridized carbons (Fsp3) is 0.900. The molecule has 2 aliphatic rings. The first-order valence-electron chi connectivity index (χ1n) is 5.45. The third-order valence-corrected chi connectivity index (χ3v) is 3.06. The van der Waals surface area contributed by atoms with E-state index in [-0.39, 0.29) is 11.7 Å². The predicted octanol–water partition coefficient (Wildman–Crippen LogP) is -0.268. The minimum absolute atomic E-state index is 0.152.